The van der Waals surface area contributed by atoms with E-state index in [2.05, 4.69) is 0 Å². The summed E-state index contributed by atoms with van der Waals surface area (Å²) in [4.78, 5) is 25.6. The third-order valence-corrected chi connectivity index (χ3v) is 3.66. The van der Waals surface area contributed by atoms with Crippen molar-refractivity contribution >= 4 is 11.7 Å². The Hall–Kier alpha value is -1.58. The molecule has 4 nitrogen and oxygen atoms in total. The molecule has 2 rings (SSSR count). The number of piperidine rings is 1. The fourth-order valence-corrected chi connectivity index (χ4v) is 2.65. The molecule has 4 heteroatoms. The van der Waals surface area contributed by atoms with Crippen LogP contribution in [0.2, 0.25) is 0 Å². The summed E-state index contributed by atoms with van der Waals surface area (Å²) in [7, 11) is 0. The van der Waals surface area contributed by atoms with E-state index in [1.165, 1.54) is 0 Å². The molecule has 104 valence electrons. The van der Waals surface area contributed by atoms with Gasteiger partial charge in [-0.2, -0.15) is 0 Å². The number of likely N-dealkylation sites (tertiary alicyclic amines) is 1. The molecule has 1 saturated heterocycles. The highest BCUT2D eigenvalue weighted by molar-refractivity contribution is 5.85. The van der Waals surface area contributed by atoms with Crippen molar-refractivity contribution in [3.63, 3.8) is 0 Å². The SMILES string of the molecule is Cc1ccc(CCC(=O)N2CCC(=O)CC2(C)C)o1. The number of carbonyl (C=O) groups is 2. The summed E-state index contributed by atoms with van der Waals surface area (Å²) < 4.78 is 5.47. The van der Waals surface area contributed by atoms with Gasteiger partial charge in [-0.3, -0.25) is 9.59 Å². The third kappa shape index (κ3) is 3.25. The van der Waals surface area contributed by atoms with Gasteiger partial charge in [0.1, 0.15) is 17.3 Å². The number of furan rings is 1. The van der Waals surface area contributed by atoms with Crippen molar-refractivity contribution in [2.75, 3.05) is 6.54 Å². The second-order valence-electron chi connectivity index (χ2n) is 5.84. The Morgan fingerprint density at radius 1 is 1.42 bits per heavy atom. The van der Waals surface area contributed by atoms with Crippen molar-refractivity contribution in [2.24, 2.45) is 0 Å². The highest BCUT2D eigenvalue weighted by Crippen LogP contribution is 2.26. The number of carbonyl (C=O) groups excluding carboxylic acids is 2. The first-order valence-electron chi connectivity index (χ1n) is 6.76. The number of hydrogen-bond donors (Lipinski definition) is 0. The predicted molar refractivity (Wildman–Crippen MR) is 71.8 cm³/mol. The normalized spacial score (nSPS) is 18.7. The molecule has 0 radical (unpaired) electrons. The van der Waals surface area contributed by atoms with Gasteiger partial charge in [0.2, 0.25) is 5.91 Å². The number of nitrogens with zero attached hydrogens (tertiary/aromatic N) is 1. The van der Waals surface area contributed by atoms with Crippen LogP contribution in [0.3, 0.4) is 0 Å². The maximum Gasteiger partial charge on any atom is 0.223 e. The largest absolute Gasteiger partial charge is 0.466 e. The number of ketones is 1. The van der Waals surface area contributed by atoms with Crippen LogP contribution in [0.15, 0.2) is 16.5 Å². The zero-order valence-electron chi connectivity index (χ0n) is 11.9. The molecular formula is C15H21NO3. The molecule has 0 spiro atoms. The molecule has 1 aromatic rings. The molecule has 1 amide bonds. The zero-order chi connectivity index (χ0) is 14.0. The van der Waals surface area contributed by atoms with Crippen LogP contribution in [0.25, 0.3) is 0 Å². The monoisotopic (exact) mass is 263 g/mol. The summed E-state index contributed by atoms with van der Waals surface area (Å²) in [6.07, 6.45) is 1.99. The van der Waals surface area contributed by atoms with Gasteiger partial charge in [-0.15, -0.1) is 0 Å². The van der Waals surface area contributed by atoms with E-state index >= 15 is 0 Å². The van der Waals surface area contributed by atoms with Crippen LogP contribution >= 0.6 is 0 Å². The van der Waals surface area contributed by atoms with E-state index in [1.54, 1.807) is 0 Å². The van der Waals surface area contributed by atoms with Crippen molar-refractivity contribution in [3.05, 3.63) is 23.7 Å². The lowest BCUT2D eigenvalue weighted by molar-refractivity contribution is -0.142. The summed E-state index contributed by atoms with van der Waals surface area (Å²) in [6.45, 7) is 6.35. The molecule has 1 aliphatic heterocycles. The van der Waals surface area contributed by atoms with E-state index in [-0.39, 0.29) is 17.2 Å². The summed E-state index contributed by atoms with van der Waals surface area (Å²) in [6, 6.07) is 3.82. The lowest BCUT2D eigenvalue weighted by Crippen LogP contribution is -2.53. The van der Waals surface area contributed by atoms with E-state index in [0.29, 0.717) is 32.2 Å². The molecule has 19 heavy (non-hydrogen) atoms. The molecule has 1 aliphatic rings. The number of aryl methyl sites for hydroxylation is 2. The summed E-state index contributed by atoms with van der Waals surface area (Å²) in [5, 5.41) is 0. The van der Waals surface area contributed by atoms with Gasteiger partial charge in [-0.25, -0.2) is 0 Å². The Kier molecular flexibility index (Phi) is 3.78. The molecular weight excluding hydrogens is 242 g/mol. The van der Waals surface area contributed by atoms with Gasteiger partial charge >= 0.3 is 0 Å². The highest BCUT2D eigenvalue weighted by Gasteiger charge is 2.36. The van der Waals surface area contributed by atoms with Crippen molar-refractivity contribution in [1.82, 2.24) is 4.90 Å². The second kappa shape index (κ2) is 5.19. The molecule has 0 saturated carbocycles. The Morgan fingerprint density at radius 3 is 2.74 bits per heavy atom. The molecule has 0 atom stereocenters. The summed E-state index contributed by atoms with van der Waals surface area (Å²) in [5.41, 5.74) is -0.356. The molecule has 1 fully saturated rings. The molecule has 2 heterocycles. The molecule has 1 aromatic heterocycles. The number of hydrogen-bond acceptors (Lipinski definition) is 3. The number of rotatable bonds is 3. The Morgan fingerprint density at radius 2 is 2.16 bits per heavy atom. The summed E-state index contributed by atoms with van der Waals surface area (Å²) in [5.74, 6) is 2.06. The maximum absolute atomic E-state index is 12.3. The van der Waals surface area contributed by atoms with Gasteiger partial charge in [0.05, 0.1) is 0 Å². The third-order valence-electron chi connectivity index (χ3n) is 3.66. The minimum Gasteiger partial charge on any atom is -0.466 e. The quantitative estimate of drug-likeness (QED) is 0.842. The van der Waals surface area contributed by atoms with Crippen LogP contribution < -0.4 is 0 Å². The van der Waals surface area contributed by atoms with Gasteiger partial charge in [-0.05, 0) is 32.9 Å². The first-order valence-corrected chi connectivity index (χ1v) is 6.76. The van der Waals surface area contributed by atoms with Crippen molar-refractivity contribution in [3.8, 4) is 0 Å². The van der Waals surface area contributed by atoms with Crippen LogP contribution in [-0.4, -0.2) is 28.7 Å². The smallest absolute Gasteiger partial charge is 0.223 e. The van der Waals surface area contributed by atoms with E-state index < -0.39 is 0 Å². The van der Waals surface area contributed by atoms with Crippen molar-refractivity contribution in [1.29, 1.82) is 0 Å². The number of amides is 1. The number of Topliss-reactive ketones (excluding diaryl/α,β-unsaturated/α-hetero) is 1. The Bertz CT molecular complexity index is 487. The van der Waals surface area contributed by atoms with E-state index in [1.807, 2.05) is 37.8 Å². The van der Waals surface area contributed by atoms with Crippen LogP contribution in [0.4, 0.5) is 0 Å². The lowest BCUT2D eigenvalue weighted by atomic mass is 9.89. The minimum absolute atomic E-state index is 0.103. The van der Waals surface area contributed by atoms with E-state index in [4.69, 9.17) is 4.42 Å². The molecule has 0 bridgehead atoms. The van der Waals surface area contributed by atoms with Crippen molar-refractivity contribution in [2.45, 2.75) is 52.0 Å². The standard InChI is InChI=1S/C15H21NO3/c1-11-4-5-13(19-11)6-7-14(18)16-9-8-12(17)10-15(16,2)3/h4-5H,6-10H2,1-3H3. The predicted octanol–water partition coefficient (Wildman–Crippen LogP) is 2.49. The van der Waals surface area contributed by atoms with E-state index in [9.17, 15) is 9.59 Å². The Balaban J connectivity index is 1.94. The molecule has 0 aromatic carbocycles. The average molecular weight is 263 g/mol. The molecule has 0 aliphatic carbocycles. The van der Waals surface area contributed by atoms with E-state index in [0.717, 1.165) is 11.5 Å². The van der Waals surface area contributed by atoms with Gasteiger partial charge in [0, 0.05) is 37.8 Å². The van der Waals surface area contributed by atoms with Crippen LogP contribution in [-0.2, 0) is 16.0 Å². The average Bonchev–Trinajstić information content (AvgIpc) is 2.70. The molecule has 0 unspecified atom stereocenters. The molecule has 0 N–H and O–H groups in total. The highest BCUT2D eigenvalue weighted by atomic mass is 16.3. The first-order chi connectivity index (χ1) is 8.88. The Labute approximate surface area is 113 Å². The maximum atomic E-state index is 12.3. The fourth-order valence-electron chi connectivity index (χ4n) is 2.65. The fraction of sp³-hybridized carbons (Fsp3) is 0.600. The summed E-state index contributed by atoms with van der Waals surface area (Å²) >= 11 is 0. The van der Waals surface area contributed by atoms with Gasteiger partial charge < -0.3 is 9.32 Å². The minimum atomic E-state index is -0.356. The second-order valence-corrected chi connectivity index (χ2v) is 5.84. The van der Waals surface area contributed by atoms with Crippen LogP contribution in [0.1, 0.15) is 44.6 Å². The van der Waals surface area contributed by atoms with Crippen molar-refractivity contribution < 1.29 is 14.0 Å². The lowest BCUT2D eigenvalue weighted by Gasteiger charge is -2.41. The van der Waals surface area contributed by atoms with Gasteiger partial charge in [0.15, 0.2) is 0 Å². The van der Waals surface area contributed by atoms with Crippen LogP contribution in [0.5, 0.6) is 0 Å². The first kappa shape index (κ1) is 13.8. The van der Waals surface area contributed by atoms with Gasteiger partial charge in [0.25, 0.3) is 0 Å². The van der Waals surface area contributed by atoms with Gasteiger partial charge in [-0.1, -0.05) is 0 Å². The topological polar surface area (TPSA) is 50.5 Å². The van der Waals surface area contributed by atoms with Crippen LogP contribution in [0, 0.1) is 6.92 Å². The zero-order valence-corrected chi connectivity index (χ0v) is 11.9.